The van der Waals surface area contributed by atoms with Crippen molar-refractivity contribution in [1.29, 1.82) is 0 Å². The molecule has 2 aliphatic heterocycles. The maximum atomic E-state index is 14.0. The van der Waals surface area contributed by atoms with Gasteiger partial charge >= 0.3 is 0 Å². The zero-order valence-electron chi connectivity index (χ0n) is 15.6. The van der Waals surface area contributed by atoms with Crippen LogP contribution in [0, 0.1) is 5.41 Å². The Bertz CT molecular complexity index is 526. The molecule has 0 aliphatic carbocycles. The van der Waals surface area contributed by atoms with Crippen molar-refractivity contribution in [2.45, 2.75) is 70.1 Å². The second-order valence-electron chi connectivity index (χ2n) is 7.85. The van der Waals surface area contributed by atoms with Crippen LogP contribution in [0.3, 0.4) is 0 Å². The van der Waals surface area contributed by atoms with E-state index in [9.17, 15) is 17.2 Å². The summed E-state index contributed by atoms with van der Waals surface area (Å²) >= 11 is 0. The van der Waals surface area contributed by atoms with Crippen LogP contribution < -0.4 is 5.32 Å². The minimum atomic E-state index is -3.27. The summed E-state index contributed by atoms with van der Waals surface area (Å²) in [6, 6.07) is 0.0908. The fourth-order valence-corrected chi connectivity index (χ4v) is 5.44. The molecule has 0 aromatic carbocycles. The largest absolute Gasteiger partial charge is 0.381 e. The minimum absolute atomic E-state index is 0.0908. The molecule has 0 aromatic rings. The molecular formula is C17H32F2N2O3S. The lowest BCUT2D eigenvalue weighted by atomic mass is 9.83. The Morgan fingerprint density at radius 1 is 1.12 bits per heavy atom. The van der Waals surface area contributed by atoms with Gasteiger partial charge in [-0.15, -0.1) is 0 Å². The molecule has 1 N–H and O–H groups in total. The molecule has 2 saturated heterocycles. The van der Waals surface area contributed by atoms with Crippen LogP contribution in [0.4, 0.5) is 8.78 Å². The number of rotatable bonds is 7. The van der Waals surface area contributed by atoms with Gasteiger partial charge in [0.2, 0.25) is 10.0 Å². The lowest BCUT2D eigenvalue weighted by Gasteiger charge is -2.38. The predicted molar refractivity (Wildman–Crippen MR) is 94.4 cm³/mol. The van der Waals surface area contributed by atoms with Crippen molar-refractivity contribution in [2.75, 3.05) is 32.8 Å². The molecule has 0 atom stereocenters. The maximum Gasteiger partial charge on any atom is 0.254 e. The molecule has 2 aliphatic rings. The molecule has 2 heterocycles. The third-order valence-corrected chi connectivity index (χ3v) is 8.07. The lowest BCUT2D eigenvalue weighted by Crippen LogP contribution is -2.51. The highest BCUT2D eigenvalue weighted by atomic mass is 32.2. The van der Waals surface area contributed by atoms with Crippen molar-refractivity contribution in [2.24, 2.45) is 5.41 Å². The summed E-state index contributed by atoms with van der Waals surface area (Å²) in [5.74, 6) is -2.72. The number of sulfonamides is 1. The number of halogens is 2. The molecule has 0 amide bonds. The molecule has 8 heteroatoms. The number of hydrogen-bond acceptors (Lipinski definition) is 4. The van der Waals surface area contributed by atoms with E-state index in [-0.39, 0.29) is 24.3 Å². The van der Waals surface area contributed by atoms with Gasteiger partial charge in [-0.2, -0.15) is 0 Å². The Hall–Kier alpha value is -0.310. The average Bonchev–Trinajstić information content (AvgIpc) is 2.61. The van der Waals surface area contributed by atoms with Gasteiger partial charge in [-0.1, -0.05) is 20.8 Å². The first-order valence-electron chi connectivity index (χ1n) is 9.28. The molecule has 0 bridgehead atoms. The van der Waals surface area contributed by atoms with Crippen LogP contribution in [0.1, 0.15) is 52.9 Å². The smallest absolute Gasteiger partial charge is 0.254 e. The van der Waals surface area contributed by atoms with E-state index in [1.807, 2.05) is 0 Å². The first kappa shape index (κ1) is 21.0. The third kappa shape index (κ3) is 4.90. The molecule has 0 radical (unpaired) electrons. The third-order valence-electron chi connectivity index (χ3n) is 5.67. The molecule has 2 fully saturated rings. The van der Waals surface area contributed by atoms with E-state index in [0.29, 0.717) is 52.0 Å². The minimum Gasteiger partial charge on any atom is -0.381 e. The maximum absolute atomic E-state index is 14.0. The normalized spacial score (nSPS) is 23.1. The molecule has 0 aromatic heterocycles. The molecule has 0 unspecified atom stereocenters. The Balaban J connectivity index is 1.83. The number of hydrogen-bond donors (Lipinski definition) is 1. The number of piperidine rings is 1. The molecule has 0 spiro atoms. The van der Waals surface area contributed by atoms with Crippen LogP contribution in [0.2, 0.25) is 0 Å². The number of nitrogens with zero attached hydrogens (tertiary/aromatic N) is 1. The van der Waals surface area contributed by atoms with Crippen LogP contribution in [0.15, 0.2) is 0 Å². The lowest BCUT2D eigenvalue weighted by molar-refractivity contribution is -0.107. The van der Waals surface area contributed by atoms with E-state index in [1.54, 1.807) is 18.2 Å². The first-order valence-corrected chi connectivity index (χ1v) is 10.8. The zero-order valence-corrected chi connectivity index (χ0v) is 16.4. The zero-order chi connectivity index (χ0) is 18.7. The summed E-state index contributed by atoms with van der Waals surface area (Å²) in [5, 5.41) is 2.89. The fourth-order valence-electron chi connectivity index (χ4n) is 3.51. The molecular weight excluding hydrogens is 350 g/mol. The van der Waals surface area contributed by atoms with Crippen molar-refractivity contribution < 1.29 is 21.9 Å². The summed E-state index contributed by atoms with van der Waals surface area (Å²) in [5.41, 5.74) is -1.12. The molecule has 148 valence electrons. The van der Waals surface area contributed by atoms with Crippen molar-refractivity contribution >= 4 is 10.0 Å². The first-order chi connectivity index (χ1) is 11.6. The van der Waals surface area contributed by atoms with E-state index >= 15 is 0 Å². The van der Waals surface area contributed by atoms with Gasteiger partial charge in [0.1, 0.15) is 0 Å². The van der Waals surface area contributed by atoms with Gasteiger partial charge in [-0.05, 0) is 25.7 Å². The fraction of sp³-hybridized carbons (Fsp3) is 1.00. The second kappa shape index (κ2) is 8.15. The van der Waals surface area contributed by atoms with E-state index in [2.05, 4.69) is 5.32 Å². The number of nitrogens with one attached hydrogen (secondary N) is 1. The monoisotopic (exact) mass is 382 g/mol. The summed E-state index contributed by atoms with van der Waals surface area (Å²) in [6.07, 6.45) is 2.26. The second-order valence-corrected chi connectivity index (χ2v) is 10.1. The standard InChI is InChI=1S/C17H32F2N2O3S/c1-4-17(18,19)16(2,3)13-20-14-5-9-21(10-6-14)25(22,23)15-7-11-24-12-8-15/h14-15,20H,4-13H2,1-3H3. The topological polar surface area (TPSA) is 58.6 Å². The van der Waals surface area contributed by atoms with Crippen LogP contribution in [-0.2, 0) is 14.8 Å². The summed E-state index contributed by atoms with van der Waals surface area (Å²) < 4.78 is 60.1. The van der Waals surface area contributed by atoms with E-state index < -0.39 is 21.4 Å². The number of ether oxygens (including phenoxy) is 1. The molecule has 0 saturated carbocycles. The van der Waals surface area contributed by atoms with Crippen LogP contribution in [0.5, 0.6) is 0 Å². The van der Waals surface area contributed by atoms with Gasteiger partial charge in [0.25, 0.3) is 5.92 Å². The van der Waals surface area contributed by atoms with Crippen molar-refractivity contribution in [3.8, 4) is 0 Å². The molecule has 25 heavy (non-hydrogen) atoms. The summed E-state index contributed by atoms with van der Waals surface area (Å²) in [4.78, 5) is 0. The Morgan fingerprint density at radius 3 is 2.20 bits per heavy atom. The van der Waals surface area contributed by atoms with Crippen LogP contribution in [-0.4, -0.2) is 62.8 Å². The van der Waals surface area contributed by atoms with Crippen LogP contribution in [0.25, 0.3) is 0 Å². The molecule has 5 nitrogen and oxygen atoms in total. The van der Waals surface area contributed by atoms with E-state index in [0.717, 1.165) is 0 Å². The van der Waals surface area contributed by atoms with Gasteiger partial charge in [-0.3, -0.25) is 0 Å². The highest BCUT2D eigenvalue weighted by Crippen LogP contribution is 2.38. The van der Waals surface area contributed by atoms with E-state index in [1.165, 1.54) is 6.92 Å². The number of alkyl halides is 2. The van der Waals surface area contributed by atoms with Crippen molar-refractivity contribution in [1.82, 2.24) is 9.62 Å². The van der Waals surface area contributed by atoms with Crippen LogP contribution >= 0.6 is 0 Å². The van der Waals surface area contributed by atoms with Gasteiger partial charge in [0.15, 0.2) is 0 Å². The SMILES string of the molecule is CCC(F)(F)C(C)(C)CNC1CCN(S(=O)(=O)C2CCOCC2)CC1. The van der Waals surface area contributed by atoms with Gasteiger partial charge in [0, 0.05) is 50.7 Å². The summed E-state index contributed by atoms with van der Waals surface area (Å²) in [7, 11) is -3.27. The predicted octanol–water partition coefficient (Wildman–Crippen LogP) is 2.62. The van der Waals surface area contributed by atoms with Gasteiger partial charge in [-0.25, -0.2) is 21.5 Å². The Kier molecular flexibility index (Phi) is 6.84. The van der Waals surface area contributed by atoms with Gasteiger partial charge < -0.3 is 10.1 Å². The summed E-state index contributed by atoms with van der Waals surface area (Å²) in [6.45, 7) is 6.81. The Labute approximate surface area is 150 Å². The van der Waals surface area contributed by atoms with Crippen molar-refractivity contribution in [3.63, 3.8) is 0 Å². The Morgan fingerprint density at radius 2 is 1.68 bits per heavy atom. The van der Waals surface area contributed by atoms with E-state index in [4.69, 9.17) is 4.74 Å². The highest BCUT2D eigenvalue weighted by Gasteiger charge is 2.45. The molecule has 2 rings (SSSR count). The van der Waals surface area contributed by atoms with Gasteiger partial charge in [0.05, 0.1) is 5.25 Å². The highest BCUT2D eigenvalue weighted by molar-refractivity contribution is 7.89. The average molecular weight is 383 g/mol. The van der Waals surface area contributed by atoms with Crippen molar-refractivity contribution in [3.05, 3.63) is 0 Å². The quantitative estimate of drug-likeness (QED) is 0.735.